The fourth-order valence-electron chi connectivity index (χ4n) is 3.52. The molecule has 0 aliphatic rings. The normalized spacial score (nSPS) is 10.9. The standard InChI is InChI=1S/C27H23FN2O4S/c1-32-23-14-17(15-24(33-2)26(23)34-3)12-13-25(31)29-21-11-7-5-9-19(21)22-16-35-27(30-22)18-8-4-6-10-20(18)28/h4-16H,1-3H3,(H,29,31)/b13-12+. The molecule has 35 heavy (non-hydrogen) atoms. The first-order chi connectivity index (χ1) is 17.0. The van der Waals surface area contributed by atoms with E-state index in [0.29, 0.717) is 44.8 Å². The second kappa shape index (κ2) is 10.8. The number of nitrogens with one attached hydrogen (secondary N) is 1. The molecule has 0 saturated heterocycles. The van der Waals surface area contributed by atoms with Gasteiger partial charge in [0.2, 0.25) is 11.7 Å². The second-order valence-electron chi connectivity index (χ2n) is 7.34. The van der Waals surface area contributed by atoms with Gasteiger partial charge in [-0.2, -0.15) is 0 Å². The number of benzene rings is 3. The Hall–Kier alpha value is -4.17. The van der Waals surface area contributed by atoms with Gasteiger partial charge in [-0.15, -0.1) is 11.3 Å². The Balaban J connectivity index is 1.55. The first kappa shape index (κ1) is 24.0. The van der Waals surface area contributed by atoms with Crippen molar-refractivity contribution in [1.82, 2.24) is 4.98 Å². The van der Waals surface area contributed by atoms with Crippen LogP contribution in [-0.2, 0) is 4.79 Å². The Labute approximate surface area is 206 Å². The van der Waals surface area contributed by atoms with Crippen LogP contribution in [-0.4, -0.2) is 32.2 Å². The molecule has 0 atom stereocenters. The predicted molar refractivity (Wildman–Crippen MR) is 137 cm³/mol. The van der Waals surface area contributed by atoms with Gasteiger partial charge in [0, 0.05) is 22.6 Å². The van der Waals surface area contributed by atoms with E-state index in [0.717, 1.165) is 5.56 Å². The molecule has 0 bridgehead atoms. The van der Waals surface area contributed by atoms with Gasteiger partial charge in [-0.3, -0.25) is 4.79 Å². The lowest BCUT2D eigenvalue weighted by Crippen LogP contribution is -2.08. The zero-order valence-corrected chi connectivity index (χ0v) is 20.2. The maximum absolute atomic E-state index is 14.2. The van der Waals surface area contributed by atoms with Crippen LogP contribution in [0.3, 0.4) is 0 Å². The number of ether oxygens (including phenoxy) is 3. The lowest BCUT2D eigenvalue weighted by molar-refractivity contribution is -0.111. The van der Waals surface area contributed by atoms with Crippen molar-refractivity contribution in [1.29, 1.82) is 0 Å². The third-order valence-electron chi connectivity index (χ3n) is 5.18. The van der Waals surface area contributed by atoms with Crippen LogP contribution in [0.2, 0.25) is 0 Å². The summed E-state index contributed by atoms with van der Waals surface area (Å²) in [4.78, 5) is 17.3. The van der Waals surface area contributed by atoms with Gasteiger partial charge in [0.25, 0.3) is 0 Å². The highest BCUT2D eigenvalue weighted by Gasteiger charge is 2.14. The molecule has 1 N–H and O–H groups in total. The SMILES string of the molecule is COc1cc(/C=C/C(=O)Nc2ccccc2-c2csc(-c3ccccc3F)n2)cc(OC)c1OC. The number of thiazole rings is 1. The van der Waals surface area contributed by atoms with E-state index < -0.39 is 0 Å². The molecule has 0 radical (unpaired) electrons. The van der Waals surface area contributed by atoms with Gasteiger partial charge in [0.05, 0.1) is 32.7 Å². The summed E-state index contributed by atoms with van der Waals surface area (Å²) in [7, 11) is 4.59. The number of amides is 1. The molecule has 0 aliphatic carbocycles. The average molecular weight is 491 g/mol. The molecule has 4 rings (SSSR count). The molecule has 178 valence electrons. The molecule has 8 heteroatoms. The molecule has 0 saturated carbocycles. The van der Waals surface area contributed by atoms with Gasteiger partial charge in [-0.1, -0.05) is 30.3 Å². The number of nitrogens with zero attached hydrogens (tertiary/aromatic N) is 1. The summed E-state index contributed by atoms with van der Waals surface area (Å²) < 4.78 is 30.2. The summed E-state index contributed by atoms with van der Waals surface area (Å²) in [5.41, 5.74) is 3.13. The molecule has 1 amide bonds. The highest BCUT2D eigenvalue weighted by molar-refractivity contribution is 7.13. The number of halogens is 1. The summed E-state index contributed by atoms with van der Waals surface area (Å²) in [6.45, 7) is 0. The van der Waals surface area contributed by atoms with Crippen LogP contribution < -0.4 is 19.5 Å². The monoisotopic (exact) mass is 490 g/mol. The topological polar surface area (TPSA) is 69.7 Å². The Morgan fingerprint density at radius 3 is 2.26 bits per heavy atom. The highest BCUT2D eigenvalue weighted by Crippen LogP contribution is 2.38. The third-order valence-corrected chi connectivity index (χ3v) is 6.06. The number of carbonyl (C=O) groups is 1. The number of para-hydroxylation sites is 1. The van der Waals surface area contributed by atoms with Crippen molar-refractivity contribution >= 4 is 29.0 Å². The number of carbonyl (C=O) groups excluding carboxylic acids is 1. The molecular weight excluding hydrogens is 467 g/mol. The molecule has 6 nitrogen and oxygen atoms in total. The Morgan fingerprint density at radius 2 is 1.60 bits per heavy atom. The molecule has 0 fully saturated rings. The Morgan fingerprint density at radius 1 is 0.943 bits per heavy atom. The van der Waals surface area contributed by atoms with Crippen LogP contribution in [0.5, 0.6) is 17.2 Å². The van der Waals surface area contributed by atoms with Crippen LogP contribution >= 0.6 is 11.3 Å². The fourth-order valence-corrected chi connectivity index (χ4v) is 4.36. The maximum atomic E-state index is 14.2. The number of hydrogen-bond donors (Lipinski definition) is 1. The van der Waals surface area contributed by atoms with E-state index >= 15 is 0 Å². The first-order valence-electron chi connectivity index (χ1n) is 10.6. The fraction of sp³-hybridized carbons (Fsp3) is 0.111. The van der Waals surface area contributed by atoms with Crippen LogP contribution in [0.1, 0.15) is 5.56 Å². The average Bonchev–Trinajstić information content (AvgIpc) is 3.37. The van der Waals surface area contributed by atoms with E-state index in [-0.39, 0.29) is 11.7 Å². The number of methoxy groups -OCH3 is 3. The van der Waals surface area contributed by atoms with E-state index in [2.05, 4.69) is 10.3 Å². The smallest absolute Gasteiger partial charge is 0.248 e. The molecule has 1 aromatic heterocycles. The van der Waals surface area contributed by atoms with E-state index in [4.69, 9.17) is 14.2 Å². The van der Waals surface area contributed by atoms with Crippen LogP contribution in [0.4, 0.5) is 10.1 Å². The van der Waals surface area contributed by atoms with Crippen molar-refractivity contribution < 1.29 is 23.4 Å². The third kappa shape index (κ3) is 5.33. The van der Waals surface area contributed by atoms with Gasteiger partial charge in [0.1, 0.15) is 10.8 Å². The molecule has 1 heterocycles. The van der Waals surface area contributed by atoms with Crippen LogP contribution in [0.25, 0.3) is 27.9 Å². The predicted octanol–water partition coefficient (Wildman–Crippen LogP) is 6.29. The minimum Gasteiger partial charge on any atom is -0.493 e. The quantitative estimate of drug-likeness (QED) is 0.294. The molecular formula is C27H23FN2O4S. The van der Waals surface area contributed by atoms with Gasteiger partial charge in [-0.05, 0) is 42.0 Å². The zero-order valence-electron chi connectivity index (χ0n) is 19.4. The lowest BCUT2D eigenvalue weighted by atomic mass is 10.1. The van der Waals surface area contributed by atoms with E-state index in [1.54, 1.807) is 42.5 Å². The number of anilines is 1. The number of rotatable bonds is 8. The van der Waals surface area contributed by atoms with E-state index in [1.807, 2.05) is 23.6 Å². The summed E-state index contributed by atoms with van der Waals surface area (Å²) in [6.07, 6.45) is 3.07. The van der Waals surface area contributed by atoms with Crippen molar-refractivity contribution in [3.63, 3.8) is 0 Å². The molecule has 0 aliphatic heterocycles. The molecule has 4 aromatic rings. The zero-order chi connectivity index (χ0) is 24.8. The van der Waals surface area contributed by atoms with Gasteiger partial charge >= 0.3 is 0 Å². The van der Waals surface area contributed by atoms with Crippen LogP contribution in [0, 0.1) is 5.82 Å². The Kier molecular flexibility index (Phi) is 7.42. The lowest BCUT2D eigenvalue weighted by Gasteiger charge is -2.12. The minimum atomic E-state index is -0.327. The second-order valence-corrected chi connectivity index (χ2v) is 8.20. The van der Waals surface area contributed by atoms with Crippen molar-refractivity contribution in [2.45, 2.75) is 0 Å². The Bertz CT molecular complexity index is 1360. The van der Waals surface area contributed by atoms with Crippen molar-refractivity contribution in [2.75, 3.05) is 26.6 Å². The molecule has 0 unspecified atom stereocenters. The summed E-state index contributed by atoms with van der Waals surface area (Å²) >= 11 is 1.34. The molecule has 3 aromatic carbocycles. The summed E-state index contributed by atoms with van der Waals surface area (Å²) in [5.74, 6) is 0.809. The van der Waals surface area contributed by atoms with Crippen molar-refractivity contribution in [3.8, 4) is 39.1 Å². The summed E-state index contributed by atoms with van der Waals surface area (Å²) in [5, 5.41) is 5.31. The van der Waals surface area contributed by atoms with Gasteiger partial charge in [-0.25, -0.2) is 9.37 Å². The van der Waals surface area contributed by atoms with Crippen molar-refractivity contribution in [3.05, 3.63) is 83.5 Å². The highest BCUT2D eigenvalue weighted by atomic mass is 32.1. The molecule has 0 spiro atoms. The number of aromatic nitrogens is 1. The van der Waals surface area contributed by atoms with Crippen LogP contribution in [0.15, 0.2) is 72.1 Å². The largest absolute Gasteiger partial charge is 0.493 e. The van der Waals surface area contributed by atoms with E-state index in [1.165, 1.54) is 44.8 Å². The summed E-state index contributed by atoms with van der Waals surface area (Å²) in [6, 6.07) is 17.4. The maximum Gasteiger partial charge on any atom is 0.248 e. The first-order valence-corrected chi connectivity index (χ1v) is 11.5. The minimum absolute atomic E-state index is 0.323. The number of hydrogen-bond acceptors (Lipinski definition) is 6. The van der Waals surface area contributed by atoms with E-state index in [9.17, 15) is 9.18 Å². The van der Waals surface area contributed by atoms with Gasteiger partial charge in [0.15, 0.2) is 11.5 Å². The van der Waals surface area contributed by atoms with Crippen molar-refractivity contribution in [2.24, 2.45) is 0 Å². The van der Waals surface area contributed by atoms with Gasteiger partial charge < -0.3 is 19.5 Å².